The summed E-state index contributed by atoms with van der Waals surface area (Å²) in [7, 11) is 0. The molecule has 16 heteroatoms. The van der Waals surface area contributed by atoms with Gasteiger partial charge in [0.1, 0.15) is 18.1 Å². The molecule has 0 bridgehead atoms. The Bertz CT molecular complexity index is 876. The van der Waals surface area contributed by atoms with Crippen molar-refractivity contribution in [2.24, 2.45) is 27.9 Å². The number of hydrogen-bond acceptors (Lipinski definition) is 8. The average Bonchev–Trinajstić information content (AvgIpc) is 3.27. The number of nitrogens with one attached hydrogen (secondary N) is 2. The Morgan fingerprint density at radius 3 is 2.22 bits per heavy atom. The summed E-state index contributed by atoms with van der Waals surface area (Å²) in [6, 6.07) is -4.97. The van der Waals surface area contributed by atoms with Crippen LogP contribution in [0.3, 0.4) is 0 Å². The number of amides is 4. The first kappa shape index (κ1) is 30.1. The first-order chi connectivity index (χ1) is 16.8. The molecule has 0 aromatic rings. The minimum absolute atomic E-state index is 0.0579. The molecule has 12 N–H and O–H groups in total. The molecule has 0 spiro atoms. The monoisotopic (exact) mass is 514 g/mol. The van der Waals surface area contributed by atoms with E-state index in [1.165, 1.54) is 4.90 Å². The van der Waals surface area contributed by atoms with Crippen molar-refractivity contribution in [2.75, 3.05) is 13.1 Å². The molecule has 0 aliphatic carbocycles. The second-order valence-electron chi connectivity index (χ2n) is 8.31. The summed E-state index contributed by atoms with van der Waals surface area (Å²) in [4.78, 5) is 76.9. The SMILES string of the molecule is NC(=O)CCC(NC(=O)C1CCCN1C(=O)C(CCCN=C(N)N)NC(=O)C(N)CC(=O)O)C(=O)O. The zero-order valence-corrected chi connectivity index (χ0v) is 19.7. The fourth-order valence-corrected chi connectivity index (χ4v) is 3.64. The number of aliphatic imine (C=N–C) groups is 1. The van der Waals surface area contributed by atoms with Gasteiger partial charge in [-0.2, -0.15) is 0 Å². The second kappa shape index (κ2) is 14.4. The van der Waals surface area contributed by atoms with Crippen molar-refractivity contribution in [3.8, 4) is 0 Å². The number of rotatable bonds is 15. The van der Waals surface area contributed by atoms with Crippen LogP contribution in [0.15, 0.2) is 4.99 Å². The summed E-state index contributed by atoms with van der Waals surface area (Å²) in [6.45, 7) is 0.310. The molecule has 4 atom stereocenters. The predicted molar refractivity (Wildman–Crippen MR) is 125 cm³/mol. The van der Waals surface area contributed by atoms with Gasteiger partial charge < -0.3 is 48.7 Å². The quantitative estimate of drug-likeness (QED) is 0.0594. The highest BCUT2D eigenvalue weighted by Gasteiger charge is 2.39. The summed E-state index contributed by atoms with van der Waals surface area (Å²) < 4.78 is 0. The van der Waals surface area contributed by atoms with E-state index < -0.39 is 66.2 Å². The fourth-order valence-electron chi connectivity index (χ4n) is 3.64. The van der Waals surface area contributed by atoms with E-state index in [2.05, 4.69) is 15.6 Å². The number of nitrogens with two attached hydrogens (primary N) is 4. The van der Waals surface area contributed by atoms with E-state index in [4.69, 9.17) is 28.0 Å². The van der Waals surface area contributed by atoms with Gasteiger partial charge in [-0.25, -0.2) is 4.79 Å². The van der Waals surface area contributed by atoms with Crippen molar-refractivity contribution < 1.29 is 39.0 Å². The van der Waals surface area contributed by atoms with Gasteiger partial charge in [-0.15, -0.1) is 0 Å². The van der Waals surface area contributed by atoms with Crippen LogP contribution in [-0.4, -0.2) is 93.9 Å². The molecule has 16 nitrogen and oxygen atoms in total. The maximum atomic E-state index is 13.3. The van der Waals surface area contributed by atoms with Crippen LogP contribution in [0.2, 0.25) is 0 Å². The highest BCUT2D eigenvalue weighted by atomic mass is 16.4. The van der Waals surface area contributed by atoms with E-state index in [0.29, 0.717) is 6.42 Å². The molecule has 1 rings (SSSR count). The van der Waals surface area contributed by atoms with Crippen molar-refractivity contribution in [3.63, 3.8) is 0 Å². The number of aliphatic carboxylic acids is 2. The van der Waals surface area contributed by atoms with Gasteiger partial charge in [0.05, 0.1) is 12.5 Å². The Kier molecular flexibility index (Phi) is 12.1. The lowest BCUT2D eigenvalue weighted by Crippen LogP contribution is -2.57. The summed E-state index contributed by atoms with van der Waals surface area (Å²) in [6.07, 6.45) is -0.128. The van der Waals surface area contributed by atoms with Crippen LogP contribution in [0.5, 0.6) is 0 Å². The lowest BCUT2D eigenvalue weighted by molar-refractivity contribution is -0.145. The molecule has 0 radical (unpaired) electrons. The molecule has 1 heterocycles. The lowest BCUT2D eigenvalue weighted by Gasteiger charge is -2.30. The standard InChI is InChI=1S/C20H34N8O8/c21-10(9-15(30)31)16(32)26-11(3-1-7-25-20(23)24)18(34)28-8-2-4-13(28)17(33)27-12(19(35)36)5-6-14(22)29/h10-13H,1-9,21H2,(H2,22,29)(H,26,32)(H,27,33)(H,30,31)(H,35,36)(H4,23,24,25). The van der Waals surface area contributed by atoms with Gasteiger partial charge in [0.15, 0.2) is 5.96 Å². The fraction of sp³-hybridized carbons (Fsp3) is 0.650. The zero-order chi connectivity index (χ0) is 27.4. The van der Waals surface area contributed by atoms with E-state index in [9.17, 15) is 33.9 Å². The summed E-state index contributed by atoms with van der Waals surface area (Å²) in [5, 5.41) is 23.0. The van der Waals surface area contributed by atoms with Gasteiger partial charge in [0.25, 0.3) is 0 Å². The first-order valence-corrected chi connectivity index (χ1v) is 11.3. The van der Waals surface area contributed by atoms with Gasteiger partial charge in [-0.05, 0) is 32.1 Å². The number of hydrogen-bond donors (Lipinski definition) is 8. The molecule has 0 aromatic carbocycles. The second-order valence-corrected chi connectivity index (χ2v) is 8.31. The number of carboxylic acids is 2. The average molecular weight is 515 g/mol. The normalized spacial score (nSPS) is 17.4. The number of likely N-dealkylation sites (tertiary alicyclic amines) is 1. The topological polar surface area (TPSA) is 287 Å². The van der Waals surface area contributed by atoms with E-state index >= 15 is 0 Å². The van der Waals surface area contributed by atoms with Crippen LogP contribution in [0.25, 0.3) is 0 Å². The van der Waals surface area contributed by atoms with Crippen molar-refractivity contribution in [3.05, 3.63) is 0 Å². The van der Waals surface area contributed by atoms with Crippen LogP contribution in [0, 0.1) is 0 Å². The third kappa shape index (κ3) is 10.1. The van der Waals surface area contributed by atoms with Crippen molar-refractivity contribution in [1.82, 2.24) is 15.5 Å². The third-order valence-corrected chi connectivity index (χ3v) is 5.42. The molecule has 0 saturated carbocycles. The van der Waals surface area contributed by atoms with Gasteiger partial charge in [0.2, 0.25) is 23.6 Å². The van der Waals surface area contributed by atoms with Crippen LogP contribution in [-0.2, 0) is 28.8 Å². The summed E-state index contributed by atoms with van der Waals surface area (Å²) in [5.41, 5.74) is 21.2. The lowest BCUT2D eigenvalue weighted by atomic mass is 10.1. The molecule has 36 heavy (non-hydrogen) atoms. The number of primary amides is 1. The maximum absolute atomic E-state index is 13.3. The number of carbonyl (C=O) groups excluding carboxylic acids is 4. The van der Waals surface area contributed by atoms with E-state index in [1.54, 1.807) is 0 Å². The molecule has 0 aromatic heterocycles. The predicted octanol–water partition coefficient (Wildman–Crippen LogP) is -3.85. The molecular formula is C20H34N8O8. The summed E-state index contributed by atoms with van der Waals surface area (Å²) in [5.74, 6) is -5.77. The minimum atomic E-state index is -1.41. The molecule has 1 aliphatic rings. The van der Waals surface area contributed by atoms with E-state index in [1.807, 2.05) is 0 Å². The molecule has 1 aliphatic heterocycles. The van der Waals surface area contributed by atoms with Gasteiger partial charge in [-0.1, -0.05) is 0 Å². The van der Waals surface area contributed by atoms with Crippen LogP contribution < -0.4 is 33.6 Å². The number of guanidine groups is 1. The van der Waals surface area contributed by atoms with Crippen molar-refractivity contribution >= 4 is 41.5 Å². The van der Waals surface area contributed by atoms with E-state index in [0.717, 1.165) is 0 Å². The molecular weight excluding hydrogens is 480 g/mol. The Hall–Kier alpha value is -3.95. The Balaban J connectivity index is 2.99. The smallest absolute Gasteiger partial charge is 0.326 e. The summed E-state index contributed by atoms with van der Waals surface area (Å²) >= 11 is 0. The first-order valence-electron chi connectivity index (χ1n) is 11.3. The number of carboxylic acid groups (broad SMARTS) is 2. The minimum Gasteiger partial charge on any atom is -0.481 e. The highest BCUT2D eigenvalue weighted by molar-refractivity contribution is 5.95. The highest BCUT2D eigenvalue weighted by Crippen LogP contribution is 2.20. The molecule has 1 saturated heterocycles. The van der Waals surface area contributed by atoms with Gasteiger partial charge >= 0.3 is 11.9 Å². The van der Waals surface area contributed by atoms with Crippen molar-refractivity contribution in [1.29, 1.82) is 0 Å². The zero-order valence-electron chi connectivity index (χ0n) is 19.7. The Morgan fingerprint density at radius 2 is 1.67 bits per heavy atom. The molecule has 202 valence electrons. The third-order valence-electron chi connectivity index (χ3n) is 5.42. The molecule has 1 fully saturated rings. The largest absolute Gasteiger partial charge is 0.481 e. The Morgan fingerprint density at radius 1 is 1.00 bits per heavy atom. The van der Waals surface area contributed by atoms with Crippen molar-refractivity contribution in [2.45, 2.75) is 69.1 Å². The van der Waals surface area contributed by atoms with Crippen LogP contribution in [0.1, 0.15) is 44.9 Å². The van der Waals surface area contributed by atoms with Crippen LogP contribution >= 0.6 is 0 Å². The van der Waals surface area contributed by atoms with Crippen LogP contribution in [0.4, 0.5) is 0 Å². The van der Waals surface area contributed by atoms with E-state index in [-0.39, 0.29) is 51.2 Å². The molecule has 4 unspecified atom stereocenters. The molecule has 4 amide bonds. The number of carbonyl (C=O) groups is 6. The van der Waals surface area contributed by atoms with Gasteiger partial charge in [-0.3, -0.25) is 29.0 Å². The maximum Gasteiger partial charge on any atom is 0.326 e. The van der Waals surface area contributed by atoms with Gasteiger partial charge in [0, 0.05) is 19.5 Å². The Labute approximate surface area is 206 Å². The number of nitrogens with zero attached hydrogens (tertiary/aromatic N) is 2.